The Kier molecular flexibility index (Phi) is 3.98. The third-order valence-electron chi connectivity index (χ3n) is 4.79. The van der Waals surface area contributed by atoms with Gasteiger partial charge in [-0.15, -0.1) is 0 Å². The number of rotatable bonds is 3. The lowest BCUT2D eigenvalue weighted by atomic mass is 10.1. The van der Waals surface area contributed by atoms with E-state index in [1.807, 2.05) is 24.3 Å². The van der Waals surface area contributed by atoms with E-state index in [0.717, 1.165) is 37.3 Å². The summed E-state index contributed by atoms with van der Waals surface area (Å²) >= 11 is 0. The zero-order valence-electron chi connectivity index (χ0n) is 13.9. The first-order valence-corrected chi connectivity index (χ1v) is 8.58. The predicted molar refractivity (Wildman–Crippen MR) is 95.8 cm³/mol. The Morgan fingerprint density at radius 2 is 1.96 bits per heavy atom. The Morgan fingerprint density at radius 3 is 2.76 bits per heavy atom. The van der Waals surface area contributed by atoms with Gasteiger partial charge in [0.1, 0.15) is 11.5 Å². The third-order valence-corrected chi connectivity index (χ3v) is 4.79. The van der Waals surface area contributed by atoms with E-state index in [4.69, 9.17) is 0 Å². The second-order valence-electron chi connectivity index (χ2n) is 6.34. The van der Waals surface area contributed by atoms with Crippen LogP contribution < -0.4 is 10.6 Å². The van der Waals surface area contributed by atoms with Crippen LogP contribution in [0.2, 0.25) is 0 Å². The molecule has 0 aliphatic carbocycles. The molecule has 25 heavy (non-hydrogen) atoms. The molecule has 0 N–H and O–H groups in total. The molecule has 3 aromatic rings. The lowest BCUT2D eigenvalue weighted by Gasteiger charge is -2.31. The molecular formula is C19H19N5O. The minimum Gasteiger partial charge on any atom is -0.358 e. The monoisotopic (exact) mass is 333 g/mol. The van der Waals surface area contributed by atoms with Gasteiger partial charge >= 0.3 is 5.69 Å². The number of piperidine rings is 1. The molecule has 1 fully saturated rings. The number of hydrogen-bond acceptors (Lipinski definition) is 4. The van der Waals surface area contributed by atoms with Crippen LogP contribution in [-0.4, -0.2) is 27.0 Å². The number of nitrogens with zero attached hydrogens (tertiary/aromatic N) is 5. The maximum atomic E-state index is 13.0. The van der Waals surface area contributed by atoms with Crippen molar-refractivity contribution in [3.63, 3.8) is 0 Å². The number of imidazole rings is 1. The topological polar surface area (TPSA) is 66.3 Å². The highest BCUT2D eigenvalue weighted by Gasteiger charge is 2.18. The van der Waals surface area contributed by atoms with Crippen LogP contribution in [0.15, 0.2) is 47.5 Å². The SMILES string of the molecule is N#Cc1ccccc1Cn1c(N2CCCCC2)cc2nccn2c1=O. The van der Waals surface area contributed by atoms with Gasteiger partial charge in [0.05, 0.1) is 18.2 Å². The van der Waals surface area contributed by atoms with Crippen LogP contribution in [0.4, 0.5) is 5.82 Å². The second-order valence-corrected chi connectivity index (χ2v) is 6.34. The predicted octanol–water partition coefficient (Wildman–Crippen LogP) is 2.41. The molecule has 1 aromatic carbocycles. The quantitative estimate of drug-likeness (QED) is 0.738. The fourth-order valence-corrected chi connectivity index (χ4v) is 3.48. The first-order chi connectivity index (χ1) is 12.3. The molecule has 6 heteroatoms. The Labute approximate surface area is 145 Å². The Hall–Kier alpha value is -3.07. The molecule has 6 nitrogen and oxygen atoms in total. The third kappa shape index (κ3) is 2.78. The summed E-state index contributed by atoms with van der Waals surface area (Å²) < 4.78 is 3.32. The summed E-state index contributed by atoms with van der Waals surface area (Å²) in [4.78, 5) is 19.6. The molecule has 0 amide bonds. The fourth-order valence-electron chi connectivity index (χ4n) is 3.48. The summed E-state index contributed by atoms with van der Waals surface area (Å²) in [7, 11) is 0. The van der Waals surface area contributed by atoms with Crippen molar-refractivity contribution in [3.05, 3.63) is 64.3 Å². The van der Waals surface area contributed by atoms with Crippen LogP contribution in [0, 0.1) is 11.3 Å². The van der Waals surface area contributed by atoms with E-state index in [1.165, 1.54) is 6.42 Å². The highest BCUT2D eigenvalue weighted by molar-refractivity contribution is 5.53. The van der Waals surface area contributed by atoms with Crippen molar-refractivity contribution in [2.45, 2.75) is 25.8 Å². The smallest absolute Gasteiger partial charge is 0.335 e. The van der Waals surface area contributed by atoms with Crippen LogP contribution in [0.5, 0.6) is 0 Å². The van der Waals surface area contributed by atoms with Crippen molar-refractivity contribution in [1.82, 2.24) is 14.0 Å². The number of hydrogen-bond donors (Lipinski definition) is 0. The summed E-state index contributed by atoms with van der Waals surface area (Å²) in [5.74, 6) is 0.885. The van der Waals surface area contributed by atoms with Gasteiger partial charge in [-0.05, 0) is 30.9 Å². The van der Waals surface area contributed by atoms with Crippen molar-refractivity contribution in [2.75, 3.05) is 18.0 Å². The van der Waals surface area contributed by atoms with Crippen LogP contribution in [0.25, 0.3) is 5.65 Å². The maximum absolute atomic E-state index is 13.0. The van der Waals surface area contributed by atoms with E-state index in [1.54, 1.807) is 27.4 Å². The number of aromatic nitrogens is 3. The van der Waals surface area contributed by atoms with Gasteiger partial charge in [0.2, 0.25) is 0 Å². The summed E-state index contributed by atoms with van der Waals surface area (Å²) in [6, 6.07) is 11.6. The molecule has 1 saturated heterocycles. The lowest BCUT2D eigenvalue weighted by molar-refractivity contribution is 0.556. The Morgan fingerprint density at radius 1 is 1.16 bits per heavy atom. The molecule has 0 unspecified atom stereocenters. The van der Waals surface area contributed by atoms with E-state index in [9.17, 15) is 10.1 Å². The van der Waals surface area contributed by atoms with Gasteiger partial charge in [0.25, 0.3) is 0 Å². The molecule has 3 heterocycles. The first-order valence-electron chi connectivity index (χ1n) is 8.58. The molecular weight excluding hydrogens is 314 g/mol. The number of benzene rings is 1. The number of nitriles is 1. The molecule has 0 saturated carbocycles. The number of fused-ring (bicyclic) bond motifs is 1. The van der Waals surface area contributed by atoms with Crippen molar-refractivity contribution in [3.8, 4) is 6.07 Å². The van der Waals surface area contributed by atoms with Crippen molar-refractivity contribution in [1.29, 1.82) is 5.26 Å². The van der Waals surface area contributed by atoms with Crippen LogP contribution in [0.3, 0.4) is 0 Å². The van der Waals surface area contributed by atoms with Crippen LogP contribution >= 0.6 is 0 Å². The minimum atomic E-state index is -0.122. The summed E-state index contributed by atoms with van der Waals surface area (Å²) in [6.45, 7) is 2.26. The average Bonchev–Trinajstić information content (AvgIpc) is 3.14. The Bertz CT molecular complexity index is 1000. The normalized spacial score (nSPS) is 14.6. The standard InChI is InChI=1S/C19H19N5O/c20-13-15-6-2-3-7-16(15)14-24-18(22-9-4-1-5-10-22)12-17-21-8-11-23(17)19(24)25/h2-3,6-8,11-12H,1,4-5,9-10,14H2. The zero-order chi connectivity index (χ0) is 17.2. The number of anilines is 1. The summed E-state index contributed by atoms with van der Waals surface area (Å²) in [6.07, 6.45) is 6.81. The molecule has 126 valence electrons. The average molecular weight is 333 g/mol. The fraction of sp³-hybridized carbons (Fsp3) is 0.316. The van der Waals surface area contributed by atoms with Crippen molar-refractivity contribution < 1.29 is 0 Å². The van der Waals surface area contributed by atoms with Gasteiger partial charge < -0.3 is 4.90 Å². The Balaban J connectivity index is 1.87. The van der Waals surface area contributed by atoms with E-state index in [-0.39, 0.29) is 5.69 Å². The highest BCUT2D eigenvalue weighted by Crippen LogP contribution is 2.21. The van der Waals surface area contributed by atoms with E-state index in [2.05, 4.69) is 16.0 Å². The molecule has 4 rings (SSSR count). The molecule has 1 aliphatic heterocycles. The molecule has 0 bridgehead atoms. The lowest BCUT2D eigenvalue weighted by Crippen LogP contribution is -2.37. The molecule has 0 atom stereocenters. The van der Waals surface area contributed by atoms with Crippen LogP contribution in [-0.2, 0) is 6.54 Å². The molecule has 0 radical (unpaired) electrons. The van der Waals surface area contributed by atoms with Gasteiger partial charge in [-0.3, -0.25) is 8.97 Å². The van der Waals surface area contributed by atoms with Crippen molar-refractivity contribution >= 4 is 11.5 Å². The van der Waals surface area contributed by atoms with Gasteiger partial charge in [-0.1, -0.05) is 18.2 Å². The molecule has 2 aromatic heterocycles. The summed E-state index contributed by atoms with van der Waals surface area (Å²) in [5, 5.41) is 9.36. The van der Waals surface area contributed by atoms with Gasteiger partial charge in [0.15, 0.2) is 0 Å². The van der Waals surface area contributed by atoms with Gasteiger partial charge in [-0.2, -0.15) is 5.26 Å². The molecule has 0 spiro atoms. The second kappa shape index (κ2) is 6.44. The van der Waals surface area contributed by atoms with E-state index >= 15 is 0 Å². The molecule has 1 aliphatic rings. The zero-order valence-corrected chi connectivity index (χ0v) is 13.9. The largest absolute Gasteiger partial charge is 0.358 e. The van der Waals surface area contributed by atoms with Crippen LogP contribution in [0.1, 0.15) is 30.4 Å². The van der Waals surface area contributed by atoms with Gasteiger partial charge in [-0.25, -0.2) is 9.78 Å². The van der Waals surface area contributed by atoms with Crippen molar-refractivity contribution in [2.24, 2.45) is 0 Å². The highest BCUT2D eigenvalue weighted by atomic mass is 16.1. The summed E-state index contributed by atoms with van der Waals surface area (Å²) in [5.41, 5.74) is 1.99. The maximum Gasteiger partial charge on any atom is 0.335 e. The van der Waals surface area contributed by atoms with Gasteiger partial charge in [0, 0.05) is 31.5 Å². The first kappa shape index (κ1) is 15.5. The minimum absolute atomic E-state index is 0.122. The van der Waals surface area contributed by atoms with E-state index in [0.29, 0.717) is 17.8 Å². The van der Waals surface area contributed by atoms with E-state index < -0.39 is 0 Å².